The van der Waals surface area contributed by atoms with E-state index in [-0.39, 0.29) is 0 Å². The van der Waals surface area contributed by atoms with Gasteiger partial charge in [-0.05, 0) is 19.8 Å². The highest BCUT2D eigenvalue weighted by Gasteiger charge is 2.45. The molecule has 0 aromatic heterocycles. The minimum absolute atomic E-state index is 0.537. The number of aliphatic hydroxyl groups is 1. The van der Waals surface area contributed by atoms with Crippen molar-refractivity contribution < 1.29 is 14.6 Å². The van der Waals surface area contributed by atoms with Crippen LogP contribution in [0.1, 0.15) is 24.0 Å². The zero-order valence-corrected chi connectivity index (χ0v) is 10.4. The Morgan fingerprint density at radius 1 is 1.31 bits per heavy atom. The molecule has 2 rings (SSSR count). The largest absolute Gasteiger partial charge is 0.493 e. The van der Waals surface area contributed by atoms with Gasteiger partial charge in [0.2, 0.25) is 0 Å². The second-order valence-electron chi connectivity index (χ2n) is 4.13. The Balaban J connectivity index is 2.62. The van der Waals surface area contributed by atoms with Gasteiger partial charge in [0.05, 0.1) is 24.8 Å². The fourth-order valence-electron chi connectivity index (χ4n) is 2.08. The van der Waals surface area contributed by atoms with Crippen molar-refractivity contribution in [1.29, 1.82) is 0 Å². The number of methoxy groups -OCH3 is 2. The van der Waals surface area contributed by atoms with Crippen LogP contribution in [0.15, 0.2) is 6.07 Å². The van der Waals surface area contributed by atoms with E-state index in [0.717, 1.165) is 24.0 Å². The Bertz CT molecular complexity index is 425. The topological polar surface area (TPSA) is 38.7 Å². The van der Waals surface area contributed by atoms with E-state index in [9.17, 15) is 5.11 Å². The standard InChI is InChI=1S/C12H15ClO3/c1-7-10(12(14)4-5-12)8(13)6-9(15-2)11(7)16-3/h6,14H,4-5H2,1-3H3. The summed E-state index contributed by atoms with van der Waals surface area (Å²) >= 11 is 6.17. The van der Waals surface area contributed by atoms with Gasteiger partial charge in [-0.25, -0.2) is 0 Å². The molecule has 1 aliphatic rings. The third kappa shape index (κ3) is 1.64. The molecule has 1 aromatic carbocycles. The van der Waals surface area contributed by atoms with Crippen molar-refractivity contribution in [2.75, 3.05) is 14.2 Å². The normalized spacial score (nSPS) is 17.1. The molecular formula is C12H15ClO3. The Kier molecular flexibility index (Phi) is 2.76. The lowest BCUT2D eigenvalue weighted by Crippen LogP contribution is -2.09. The van der Waals surface area contributed by atoms with Gasteiger partial charge in [-0.15, -0.1) is 0 Å². The molecular weight excluding hydrogens is 228 g/mol. The van der Waals surface area contributed by atoms with Gasteiger partial charge < -0.3 is 14.6 Å². The summed E-state index contributed by atoms with van der Waals surface area (Å²) in [5.41, 5.74) is 0.861. The van der Waals surface area contributed by atoms with Crippen LogP contribution >= 0.6 is 11.6 Å². The Labute approximate surface area is 99.9 Å². The lowest BCUT2D eigenvalue weighted by atomic mass is 10.00. The zero-order valence-electron chi connectivity index (χ0n) is 9.63. The van der Waals surface area contributed by atoms with Crippen molar-refractivity contribution >= 4 is 11.6 Å². The van der Waals surface area contributed by atoms with Crippen LogP contribution in [0.4, 0.5) is 0 Å². The third-order valence-corrected chi connectivity index (χ3v) is 3.35. The lowest BCUT2D eigenvalue weighted by molar-refractivity contribution is 0.150. The van der Waals surface area contributed by atoms with Crippen molar-refractivity contribution in [2.45, 2.75) is 25.4 Å². The number of hydrogen-bond acceptors (Lipinski definition) is 3. The molecule has 3 nitrogen and oxygen atoms in total. The van der Waals surface area contributed by atoms with Crippen LogP contribution in [0, 0.1) is 6.92 Å². The molecule has 0 bridgehead atoms. The molecule has 0 spiro atoms. The highest BCUT2D eigenvalue weighted by Crippen LogP contribution is 2.52. The maximum Gasteiger partial charge on any atom is 0.164 e. The van der Waals surface area contributed by atoms with E-state index in [1.807, 2.05) is 6.92 Å². The maximum atomic E-state index is 10.2. The van der Waals surface area contributed by atoms with Gasteiger partial charge in [-0.2, -0.15) is 0 Å². The summed E-state index contributed by atoms with van der Waals surface area (Å²) in [5.74, 6) is 1.24. The van der Waals surface area contributed by atoms with E-state index in [2.05, 4.69) is 0 Å². The molecule has 0 saturated heterocycles. The first-order chi connectivity index (χ1) is 7.53. The number of hydrogen-bond donors (Lipinski definition) is 1. The first-order valence-corrected chi connectivity index (χ1v) is 5.55. The minimum Gasteiger partial charge on any atom is -0.493 e. The molecule has 1 N–H and O–H groups in total. The average Bonchev–Trinajstić information content (AvgIpc) is 2.96. The van der Waals surface area contributed by atoms with Crippen LogP contribution in [0.25, 0.3) is 0 Å². The highest BCUT2D eigenvalue weighted by atomic mass is 35.5. The molecule has 0 atom stereocenters. The van der Waals surface area contributed by atoms with Crippen LogP contribution in [0.2, 0.25) is 5.02 Å². The predicted octanol–water partition coefficient (Wildman–Crippen LogP) is 2.65. The van der Waals surface area contributed by atoms with Crippen LogP contribution in [-0.4, -0.2) is 19.3 Å². The maximum absolute atomic E-state index is 10.2. The molecule has 16 heavy (non-hydrogen) atoms. The number of halogens is 1. The van der Waals surface area contributed by atoms with Gasteiger partial charge in [0.25, 0.3) is 0 Å². The molecule has 88 valence electrons. The van der Waals surface area contributed by atoms with E-state index < -0.39 is 5.60 Å². The van der Waals surface area contributed by atoms with Crippen molar-refractivity contribution in [3.05, 3.63) is 22.2 Å². The lowest BCUT2D eigenvalue weighted by Gasteiger charge is -2.19. The van der Waals surface area contributed by atoms with Crippen molar-refractivity contribution in [3.63, 3.8) is 0 Å². The van der Waals surface area contributed by atoms with E-state index in [0.29, 0.717) is 16.5 Å². The molecule has 1 aliphatic carbocycles. The third-order valence-electron chi connectivity index (χ3n) is 3.05. The van der Waals surface area contributed by atoms with E-state index in [1.54, 1.807) is 20.3 Å². The minimum atomic E-state index is -0.763. The van der Waals surface area contributed by atoms with E-state index in [4.69, 9.17) is 21.1 Å². The SMILES string of the molecule is COc1cc(Cl)c(C2(O)CC2)c(C)c1OC. The molecule has 1 saturated carbocycles. The summed E-state index contributed by atoms with van der Waals surface area (Å²) in [6.07, 6.45) is 1.51. The monoisotopic (exact) mass is 242 g/mol. The summed E-state index contributed by atoms with van der Waals surface area (Å²) in [7, 11) is 3.15. The Morgan fingerprint density at radius 2 is 1.94 bits per heavy atom. The second-order valence-corrected chi connectivity index (χ2v) is 4.53. The van der Waals surface area contributed by atoms with Crippen molar-refractivity contribution in [2.24, 2.45) is 0 Å². The average molecular weight is 243 g/mol. The Morgan fingerprint density at radius 3 is 2.38 bits per heavy atom. The van der Waals surface area contributed by atoms with Gasteiger partial charge in [-0.1, -0.05) is 11.6 Å². The summed E-state index contributed by atoms with van der Waals surface area (Å²) in [4.78, 5) is 0. The first kappa shape index (κ1) is 11.6. The molecule has 0 radical (unpaired) electrons. The van der Waals surface area contributed by atoms with Crippen molar-refractivity contribution in [3.8, 4) is 11.5 Å². The molecule has 0 heterocycles. The molecule has 0 amide bonds. The smallest absolute Gasteiger partial charge is 0.164 e. The van der Waals surface area contributed by atoms with Gasteiger partial charge in [0.1, 0.15) is 0 Å². The molecule has 0 aliphatic heterocycles. The summed E-state index contributed by atoms with van der Waals surface area (Å²) < 4.78 is 10.5. The summed E-state index contributed by atoms with van der Waals surface area (Å²) in [6, 6.07) is 1.69. The molecule has 4 heteroatoms. The summed E-state index contributed by atoms with van der Waals surface area (Å²) in [5, 5.41) is 10.7. The number of ether oxygens (including phenoxy) is 2. The first-order valence-electron chi connectivity index (χ1n) is 5.17. The van der Waals surface area contributed by atoms with Crippen LogP contribution < -0.4 is 9.47 Å². The zero-order chi connectivity index (χ0) is 11.9. The van der Waals surface area contributed by atoms with Gasteiger partial charge in [0, 0.05) is 17.2 Å². The van der Waals surface area contributed by atoms with Crippen LogP contribution in [0.5, 0.6) is 11.5 Å². The van der Waals surface area contributed by atoms with Gasteiger partial charge in [0.15, 0.2) is 11.5 Å². The quantitative estimate of drug-likeness (QED) is 0.886. The Hall–Kier alpha value is -0.930. The van der Waals surface area contributed by atoms with Gasteiger partial charge >= 0.3 is 0 Å². The van der Waals surface area contributed by atoms with Crippen LogP contribution in [0.3, 0.4) is 0 Å². The van der Waals surface area contributed by atoms with Gasteiger partial charge in [-0.3, -0.25) is 0 Å². The van der Waals surface area contributed by atoms with Crippen molar-refractivity contribution in [1.82, 2.24) is 0 Å². The van der Waals surface area contributed by atoms with E-state index >= 15 is 0 Å². The molecule has 1 fully saturated rings. The highest BCUT2D eigenvalue weighted by molar-refractivity contribution is 6.31. The molecule has 0 unspecified atom stereocenters. The fraction of sp³-hybridized carbons (Fsp3) is 0.500. The number of benzene rings is 1. The van der Waals surface area contributed by atoms with Crippen LogP contribution in [-0.2, 0) is 5.60 Å². The molecule has 1 aromatic rings. The second kappa shape index (κ2) is 3.82. The summed E-state index contributed by atoms with van der Waals surface area (Å²) in [6.45, 7) is 1.89. The predicted molar refractivity (Wildman–Crippen MR) is 62.4 cm³/mol. The van der Waals surface area contributed by atoms with E-state index in [1.165, 1.54) is 0 Å². The number of rotatable bonds is 3. The fourth-order valence-corrected chi connectivity index (χ4v) is 2.49.